The van der Waals surface area contributed by atoms with Gasteiger partial charge in [-0.05, 0) is 23.8 Å². The summed E-state index contributed by atoms with van der Waals surface area (Å²) < 4.78 is 37.9. The van der Waals surface area contributed by atoms with Gasteiger partial charge in [0.1, 0.15) is 5.82 Å². The number of benzene rings is 1. The third-order valence-corrected chi connectivity index (χ3v) is 3.86. The first-order chi connectivity index (χ1) is 11.3. The molecule has 0 amide bonds. The van der Waals surface area contributed by atoms with Gasteiger partial charge >= 0.3 is 6.18 Å². The number of hydrogen-bond donors (Lipinski definition) is 2. The van der Waals surface area contributed by atoms with Crippen molar-refractivity contribution in [3.8, 4) is 11.3 Å². The van der Waals surface area contributed by atoms with Gasteiger partial charge in [-0.1, -0.05) is 25.1 Å². The summed E-state index contributed by atoms with van der Waals surface area (Å²) in [5.41, 5.74) is 7.95. The fourth-order valence-corrected chi connectivity index (χ4v) is 2.45. The predicted octanol–water partition coefficient (Wildman–Crippen LogP) is 4.22. The molecule has 1 aromatic carbocycles. The van der Waals surface area contributed by atoms with Crippen molar-refractivity contribution in [2.45, 2.75) is 19.0 Å². The molecule has 3 rings (SSSR count). The van der Waals surface area contributed by atoms with E-state index < -0.39 is 11.7 Å². The number of nitrogens with one attached hydrogen (secondary N) is 1. The van der Waals surface area contributed by atoms with Gasteiger partial charge in [0.2, 0.25) is 0 Å². The molecule has 0 aliphatic heterocycles. The molecular formula is C17H15F3N4. The lowest BCUT2D eigenvalue weighted by Crippen LogP contribution is -2.05. The van der Waals surface area contributed by atoms with Crippen LogP contribution in [-0.4, -0.2) is 15.2 Å². The zero-order valence-corrected chi connectivity index (χ0v) is 12.8. The number of nitrogens with two attached hydrogens (primary N) is 1. The topological polar surface area (TPSA) is 67.6 Å². The van der Waals surface area contributed by atoms with Crippen LogP contribution in [0, 0.1) is 0 Å². The average Bonchev–Trinajstić information content (AvgIpc) is 3.00. The zero-order chi connectivity index (χ0) is 17.3. The summed E-state index contributed by atoms with van der Waals surface area (Å²) in [6.45, 7) is 1.99. The average molecular weight is 332 g/mol. The zero-order valence-electron chi connectivity index (χ0n) is 12.8. The number of H-pyrrole nitrogens is 1. The van der Waals surface area contributed by atoms with Gasteiger partial charge in [-0.15, -0.1) is 0 Å². The Morgan fingerprint density at radius 2 is 1.92 bits per heavy atom. The van der Waals surface area contributed by atoms with Crippen LogP contribution in [-0.2, 0) is 6.18 Å². The highest BCUT2D eigenvalue weighted by molar-refractivity contribution is 5.60. The molecule has 2 aromatic heterocycles. The molecule has 0 radical (unpaired) electrons. The Labute approximate surface area is 136 Å². The summed E-state index contributed by atoms with van der Waals surface area (Å²) in [5, 5.41) is 6.78. The molecule has 24 heavy (non-hydrogen) atoms. The Morgan fingerprint density at radius 1 is 1.12 bits per heavy atom. The van der Waals surface area contributed by atoms with Crippen molar-refractivity contribution in [2.24, 2.45) is 0 Å². The summed E-state index contributed by atoms with van der Waals surface area (Å²) >= 11 is 0. The predicted molar refractivity (Wildman–Crippen MR) is 85.2 cm³/mol. The number of nitrogen functional groups attached to an aromatic ring is 1. The van der Waals surface area contributed by atoms with Gasteiger partial charge in [-0.25, -0.2) is 0 Å². The van der Waals surface area contributed by atoms with Crippen LogP contribution in [0.5, 0.6) is 0 Å². The van der Waals surface area contributed by atoms with E-state index in [4.69, 9.17) is 5.73 Å². The lowest BCUT2D eigenvalue weighted by Gasteiger charge is -2.12. The van der Waals surface area contributed by atoms with Crippen LogP contribution in [0.4, 0.5) is 19.0 Å². The van der Waals surface area contributed by atoms with Gasteiger partial charge in [0.15, 0.2) is 0 Å². The third-order valence-electron chi connectivity index (χ3n) is 3.86. The van der Waals surface area contributed by atoms with Gasteiger partial charge in [0.05, 0.1) is 11.3 Å². The SMILES string of the molecule is CC(c1cccc(-c2ccc(C(F)(F)F)cn2)c1)c1cc(N)n[nH]1. The first-order valence-corrected chi connectivity index (χ1v) is 7.29. The molecule has 7 heteroatoms. The first-order valence-electron chi connectivity index (χ1n) is 7.29. The molecule has 0 aliphatic rings. The minimum atomic E-state index is -4.39. The summed E-state index contributed by atoms with van der Waals surface area (Å²) in [6, 6.07) is 11.7. The fourth-order valence-electron chi connectivity index (χ4n) is 2.45. The van der Waals surface area contributed by atoms with Crippen molar-refractivity contribution in [1.29, 1.82) is 0 Å². The molecule has 0 bridgehead atoms. The third kappa shape index (κ3) is 3.24. The molecule has 1 unspecified atom stereocenters. The van der Waals surface area contributed by atoms with Crippen LogP contribution >= 0.6 is 0 Å². The van der Waals surface area contributed by atoms with Crippen LogP contribution < -0.4 is 5.73 Å². The molecule has 3 N–H and O–H groups in total. The highest BCUT2D eigenvalue weighted by Crippen LogP contribution is 2.31. The monoisotopic (exact) mass is 332 g/mol. The molecule has 0 saturated carbocycles. The Morgan fingerprint density at radius 3 is 2.50 bits per heavy atom. The Balaban J connectivity index is 1.90. The second-order valence-corrected chi connectivity index (χ2v) is 5.53. The maximum atomic E-state index is 12.6. The smallest absolute Gasteiger partial charge is 0.382 e. The minimum Gasteiger partial charge on any atom is -0.382 e. The Bertz CT molecular complexity index is 838. The summed E-state index contributed by atoms with van der Waals surface area (Å²) in [5.74, 6) is 0.432. The normalized spacial score (nSPS) is 13.0. The van der Waals surface area contributed by atoms with Gasteiger partial charge in [0.25, 0.3) is 0 Å². The summed E-state index contributed by atoms with van der Waals surface area (Å²) in [6.07, 6.45) is -3.54. The van der Waals surface area contributed by atoms with Gasteiger partial charge in [-0.3, -0.25) is 10.1 Å². The highest BCUT2D eigenvalue weighted by Gasteiger charge is 2.30. The largest absolute Gasteiger partial charge is 0.417 e. The van der Waals surface area contributed by atoms with Gasteiger partial charge in [-0.2, -0.15) is 18.3 Å². The molecule has 3 aromatic rings. The molecule has 0 saturated heterocycles. The van der Waals surface area contributed by atoms with Crippen molar-refractivity contribution in [3.63, 3.8) is 0 Å². The number of nitrogens with zero attached hydrogens (tertiary/aromatic N) is 2. The lowest BCUT2D eigenvalue weighted by atomic mass is 9.95. The van der Waals surface area contributed by atoms with Crippen molar-refractivity contribution in [2.75, 3.05) is 5.73 Å². The summed E-state index contributed by atoms with van der Waals surface area (Å²) in [7, 11) is 0. The molecule has 4 nitrogen and oxygen atoms in total. The number of halogens is 3. The Hall–Kier alpha value is -2.83. The van der Waals surface area contributed by atoms with Crippen molar-refractivity contribution in [3.05, 3.63) is 65.5 Å². The second kappa shape index (κ2) is 5.99. The molecule has 1 atom stereocenters. The fraction of sp³-hybridized carbons (Fsp3) is 0.176. The molecular weight excluding hydrogens is 317 g/mol. The molecule has 0 spiro atoms. The van der Waals surface area contributed by atoms with Gasteiger partial charge < -0.3 is 5.73 Å². The van der Waals surface area contributed by atoms with E-state index >= 15 is 0 Å². The maximum absolute atomic E-state index is 12.6. The first kappa shape index (κ1) is 16.0. The van der Waals surface area contributed by atoms with Crippen LogP contribution in [0.25, 0.3) is 11.3 Å². The maximum Gasteiger partial charge on any atom is 0.417 e. The van der Waals surface area contributed by atoms with Crippen LogP contribution in [0.1, 0.15) is 29.7 Å². The van der Waals surface area contributed by atoms with E-state index in [-0.39, 0.29) is 5.92 Å². The van der Waals surface area contributed by atoms with Crippen LogP contribution in [0.3, 0.4) is 0 Å². The van der Waals surface area contributed by atoms with E-state index in [0.717, 1.165) is 29.1 Å². The standard InChI is InChI=1S/C17H15F3N4/c1-10(15-8-16(21)24-23-15)11-3-2-4-12(7-11)14-6-5-13(9-22-14)17(18,19)20/h2-10H,1H3,(H3,21,23,24). The van der Waals surface area contributed by atoms with Crippen molar-refractivity contribution >= 4 is 5.82 Å². The van der Waals surface area contributed by atoms with E-state index in [1.807, 2.05) is 31.2 Å². The lowest BCUT2D eigenvalue weighted by molar-refractivity contribution is -0.137. The molecule has 124 valence electrons. The van der Waals surface area contributed by atoms with E-state index in [2.05, 4.69) is 15.2 Å². The quantitative estimate of drug-likeness (QED) is 0.754. The molecule has 0 fully saturated rings. The number of alkyl halides is 3. The Kier molecular flexibility index (Phi) is 4.01. The number of hydrogen-bond acceptors (Lipinski definition) is 3. The highest BCUT2D eigenvalue weighted by atomic mass is 19.4. The van der Waals surface area contributed by atoms with Crippen LogP contribution in [0.15, 0.2) is 48.7 Å². The number of pyridine rings is 1. The van der Waals surface area contributed by atoms with Crippen molar-refractivity contribution in [1.82, 2.24) is 15.2 Å². The molecule has 2 heterocycles. The van der Waals surface area contributed by atoms with Crippen molar-refractivity contribution < 1.29 is 13.2 Å². The van der Waals surface area contributed by atoms with E-state index in [9.17, 15) is 13.2 Å². The molecule has 0 aliphatic carbocycles. The van der Waals surface area contributed by atoms with Crippen LogP contribution in [0.2, 0.25) is 0 Å². The van der Waals surface area contributed by atoms with Gasteiger partial charge in [0, 0.05) is 29.4 Å². The number of rotatable bonds is 3. The van der Waals surface area contributed by atoms with E-state index in [0.29, 0.717) is 11.5 Å². The number of aromatic nitrogens is 3. The van der Waals surface area contributed by atoms with E-state index in [1.165, 1.54) is 6.07 Å². The van der Waals surface area contributed by atoms with E-state index in [1.54, 1.807) is 6.07 Å². The summed E-state index contributed by atoms with van der Waals surface area (Å²) in [4.78, 5) is 3.93. The number of aromatic amines is 1. The number of anilines is 1. The minimum absolute atomic E-state index is 0.0178. The second-order valence-electron chi connectivity index (χ2n) is 5.53.